The number of H-pyrrole nitrogens is 1. The Bertz CT molecular complexity index is 650. The number of methoxy groups -OCH3 is 1. The Morgan fingerprint density at radius 3 is 2.94 bits per heavy atom. The van der Waals surface area contributed by atoms with Crippen molar-refractivity contribution in [3.05, 3.63) is 30.5 Å². The molecule has 2 heterocycles. The first-order chi connectivity index (χ1) is 8.36. The van der Waals surface area contributed by atoms with E-state index in [1.807, 2.05) is 24.3 Å². The van der Waals surface area contributed by atoms with Gasteiger partial charge in [0.2, 0.25) is 5.82 Å². The lowest BCUT2D eigenvalue weighted by atomic mass is 10.1. The Morgan fingerprint density at radius 2 is 2.18 bits per heavy atom. The molecule has 0 fully saturated rings. The predicted molar refractivity (Wildman–Crippen MR) is 61.5 cm³/mol. The summed E-state index contributed by atoms with van der Waals surface area (Å²) in [7, 11) is 1.64. The normalized spacial score (nSPS) is 10.6. The molecule has 0 aliphatic rings. The maximum absolute atomic E-state index is 5.18. The van der Waals surface area contributed by atoms with Gasteiger partial charge in [-0.1, -0.05) is 0 Å². The standard InChI is InChI=1S/C11H9N5O/c1-17-9-2-3-10-7(5-9)4-8(6-12-10)11-13-15-16-14-11/h2-6H,1H3,(H,13,14,15,16). The van der Waals surface area contributed by atoms with E-state index in [2.05, 4.69) is 25.6 Å². The van der Waals surface area contributed by atoms with E-state index in [0.717, 1.165) is 22.2 Å². The molecule has 2 aromatic heterocycles. The summed E-state index contributed by atoms with van der Waals surface area (Å²) < 4.78 is 5.18. The van der Waals surface area contributed by atoms with Gasteiger partial charge in [-0.2, -0.15) is 5.21 Å². The molecular formula is C11H9N5O. The van der Waals surface area contributed by atoms with Crippen molar-refractivity contribution in [1.82, 2.24) is 25.6 Å². The van der Waals surface area contributed by atoms with Gasteiger partial charge in [0.1, 0.15) is 5.75 Å². The molecule has 1 N–H and O–H groups in total. The average Bonchev–Trinajstić information content (AvgIpc) is 2.91. The average molecular weight is 227 g/mol. The van der Waals surface area contributed by atoms with Crippen molar-refractivity contribution >= 4 is 10.9 Å². The number of nitrogens with one attached hydrogen (secondary N) is 1. The van der Waals surface area contributed by atoms with Gasteiger partial charge in [-0.25, -0.2) is 0 Å². The Morgan fingerprint density at radius 1 is 1.24 bits per heavy atom. The zero-order valence-electron chi connectivity index (χ0n) is 9.08. The molecule has 6 heteroatoms. The number of fused-ring (bicyclic) bond motifs is 1. The summed E-state index contributed by atoms with van der Waals surface area (Å²) >= 11 is 0. The van der Waals surface area contributed by atoms with Crippen molar-refractivity contribution in [2.45, 2.75) is 0 Å². The molecule has 0 radical (unpaired) electrons. The number of aromatic amines is 1. The van der Waals surface area contributed by atoms with Gasteiger partial charge in [-0.3, -0.25) is 4.98 Å². The monoisotopic (exact) mass is 227 g/mol. The van der Waals surface area contributed by atoms with Crippen molar-refractivity contribution < 1.29 is 4.74 Å². The van der Waals surface area contributed by atoms with Crippen molar-refractivity contribution in [2.24, 2.45) is 0 Å². The van der Waals surface area contributed by atoms with Gasteiger partial charge in [0.25, 0.3) is 0 Å². The fourth-order valence-electron chi connectivity index (χ4n) is 1.64. The van der Waals surface area contributed by atoms with Crippen molar-refractivity contribution in [3.8, 4) is 17.1 Å². The van der Waals surface area contributed by atoms with E-state index in [-0.39, 0.29) is 0 Å². The third-order valence-electron chi connectivity index (χ3n) is 2.49. The number of rotatable bonds is 2. The number of tetrazole rings is 1. The molecule has 84 valence electrons. The third-order valence-corrected chi connectivity index (χ3v) is 2.49. The van der Waals surface area contributed by atoms with E-state index < -0.39 is 0 Å². The second kappa shape index (κ2) is 3.82. The second-order valence-electron chi connectivity index (χ2n) is 3.52. The van der Waals surface area contributed by atoms with Gasteiger partial charge in [0.15, 0.2) is 0 Å². The molecule has 0 bridgehead atoms. The number of aromatic nitrogens is 5. The zero-order chi connectivity index (χ0) is 11.7. The summed E-state index contributed by atoms with van der Waals surface area (Å²) in [4.78, 5) is 4.34. The number of pyridine rings is 1. The van der Waals surface area contributed by atoms with Crippen molar-refractivity contribution in [3.63, 3.8) is 0 Å². The van der Waals surface area contributed by atoms with Crippen molar-refractivity contribution in [2.75, 3.05) is 7.11 Å². The summed E-state index contributed by atoms with van der Waals surface area (Å²) in [6.45, 7) is 0. The van der Waals surface area contributed by atoms with Gasteiger partial charge in [0.05, 0.1) is 12.6 Å². The molecule has 0 aliphatic carbocycles. The largest absolute Gasteiger partial charge is 0.497 e. The van der Waals surface area contributed by atoms with E-state index in [1.165, 1.54) is 0 Å². The number of hydrogen-bond donors (Lipinski definition) is 1. The molecule has 0 spiro atoms. The molecule has 0 aliphatic heterocycles. The number of hydrogen-bond acceptors (Lipinski definition) is 5. The van der Waals surface area contributed by atoms with Crippen LogP contribution >= 0.6 is 0 Å². The van der Waals surface area contributed by atoms with Crippen LogP contribution in [0, 0.1) is 0 Å². The molecule has 6 nitrogen and oxygen atoms in total. The van der Waals surface area contributed by atoms with E-state index in [0.29, 0.717) is 5.82 Å². The topological polar surface area (TPSA) is 76.6 Å². The Labute approximate surface area is 96.6 Å². The molecular weight excluding hydrogens is 218 g/mol. The Hall–Kier alpha value is -2.50. The van der Waals surface area contributed by atoms with Crippen LogP contribution in [0.1, 0.15) is 0 Å². The first-order valence-electron chi connectivity index (χ1n) is 5.04. The van der Waals surface area contributed by atoms with Crippen LogP contribution in [0.4, 0.5) is 0 Å². The van der Waals surface area contributed by atoms with Crippen LogP contribution in [0.3, 0.4) is 0 Å². The summed E-state index contributed by atoms with van der Waals surface area (Å²) in [6, 6.07) is 7.67. The zero-order valence-corrected chi connectivity index (χ0v) is 9.08. The van der Waals surface area contributed by atoms with Crippen LogP contribution in [-0.4, -0.2) is 32.7 Å². The number of benzene rings is 1. The Balaban J connectivity index is 2.17. The summed E-state index contributed by atoms with van der Waals surface area (Å²) in [5.41, 5.74) is 1.72. The molecule has 1 aromatic carbocycles. The van der Waals surface area contributed by atoms with E-state index in [1.54, 1.807) is 13.3 Å². The van der Waals surface area contributed by atoms with E-state index in [9.17, 15) is 0 Å². The highest BCUT2D eigenvalue weighted by Crippen LogP contribution is 2.22. The molecule has 0 atom stereocenters. The lowest BCUT2D eigenvalue weighted by Gasteiger charge is -2.02. The molecule has 0 unspecified atom stereocenters. The van der Waals surface area contributed by atoms with Gasteiger partial charge in [-0.05, 0) is 29.5 Å². The maximum atomic E-state index is 5.18. The molecule has 0 saturated carbocycles. The smallest absolute Gasteiger partial charge is 0.206 e. The van der Waals surface area contributed by atoms with Crippen LogP contribution in [0.25, 0.3) is 22.3 Å². The highest BCUT2D eigenvalue weighted by Gasteiger charge is 2.05. The minimum Gasteiger partial charge on any atom is -0.497 e. The molecule has 0 amide bonds. The Kier molecular flexibility index (Phi) is 2.18. The quantitative estimate of drug-likeness (QED) is 0.716. The van der Waals surface area contributed by atoms with Crippen LogP contribution in [-0.2, 0) is 0 Å². The highest BCUT2D eigenvalue weighted by atomic mass is 16.5. The second-order valence-corrected chi connectivity index (χ2v) is 3.52. The van der Waals surface area contributed by atoms with Gasteiger partial charge >= 0.3 is 0 Å². The molecule has 3 rings (SSSR count). The van der Waals surface area contributed by atoms with Crippen LogP contribution in [0.15, 0.2) is 30.5 Å². The number of nitrogens with zero attached hydrogens (tertiary/aromatic N) is 4. The fourth-order valence-corrected chi connectivity index (χ4v) is 1.64. The van der Waals surface area contributed by atoms with Gasteiger partial charge < -0.3 is 4.74 Å². The lowest BCUT2D eigenvalue weighted by Crippen LogP contribution is -1.87. The molecule has 17 heavy (non-hydrogen) atoms. The first-order valence-corrected chi connectivity index (χ1v) is 5.04. The third kappa shape index (κ3) is 1.69. The van der Waals surface area contributed by atoms with Crippen LogP contribution in [0.5, 0.6) is 5.75 Å². The molecule has 0 saturated heterocycles. The highest BCUT2D eigenvalue weighted by molar-refractivity contribution is 5.83. The first kappa shape index (κ1) is 9.71. The van der Waals surface area contributed by atoms with Crippen LogP contribution in [0.2, 0.25) is 0 Å². The van der Waals surface area contributed by atoms with Gasteiger partial charge in [-0.15, -0.1) is 10.2 Å². The SMILES string of the molecule is COc1ccc2ncc(-c3nn[nH]n3)cc2c1. The predicted octanol–water partition coefficient (Wildman–Crippen LogP) is 1.42. The minimum absolute atomic E-state index is 0.530. The number of ether oxygens (including phenoxy) is 1. The van der Waals surface area contributed by atoms with E-state index in [4.69, 9.17) is 4.74 Å². The minimum atomic E-state index is 0.530. The van der Waals surface area contributed by atoms with Crippen LogP contribution < -0.4 is 4.74 Å². The fraction of sp³-hybridized carbons (Fsp3) is 0.0909. The van der Waals surface area contributed by atoms with Crippen molar-refractivity contribution in [1.29, 1.82) is 0 Å². The van der Waals surface area contributed by atoms with Gasteiger partial charge in [0, 0.05) is 17.1 Å². The lowest BCUT2D eigenvalue weighted by molar-refractivity contribution is 0.415. The van der Waals surface area contributed by atoms with E-state index >= 15 is 0 Å². The molecule has 3 aromatic rings. The maximum Gasteiger partial charge on any atom is 0.206 e. The summed E-state index contributed by atoms with van der Waals surface area (Å²) in [6.07, 6.45) is 1.72. The summed E-state index contributed by atoms with van der Waals surface area (Å²) in [5, 5.41) is 14.8. The summed E-state index contributed by atoms with van der Waals surface area (Å²) in [5.74, 6) is 1.33.